The molecule has 1 aromatic rings. The normalized spacial score (nSPS) is 24.6. The molecule has 1 heterocycles. The zero-order valence-corrected chi connectivity index (χ0v) is 12.5. The van der Waals surface area contributed by atoms with E-state index >= 15 is 0 Å². The Kier molecular flexibility index (Phi) is 5.93. The van der Waals surface area contributed by atoms with Gasteiger partial charge in [-0.2, -0.15) is 0 Å². The first-order valence-corrected chi connectivity index (χ1v) is 6.67. The van der Waals surface area contributed by atoms with E-state index < -0.39 is 0 Å². The monoisotopic (exact) mass is 318 g/mol. The van der Waals surface area contributed by atoms with E-state index in [1.807, 2.05) is 0 Å². The number of nitrogens with two attached hydrogens (primary N) is 1. The molecule has 0 saturated carbocycles. The lowest BCUT2D eigenvalue weighted by atomic mass is 10.1. The topological polar surface area (TPSA) is 29.3 Å². The van der Waals surface area contributed by atoms with Gasteiger partial charge >= 0.3 is 0 Å². The first-order chi connectivity index (χ1) is 7.69. The van der Waals surface area contributed by atoms with E-state index in [0.717, 1.165) is 24.1 Å². The van der Waals surface area contributed by atoms with E-state index in [-0.39, 0.29) is 12.4 Å². The molecule has 1 fully saturated rings. The van der Waals surface area contributed by atoms with Gasteiger partial charge < -0.3 is 5.73 Å². The third kappa shape index (κ3) is 3.95. The summed E-state index contributed by atoms with van der Waals surface area (Å²) in [5, 5.41) is 0. The van der Waals surface area contributed by atoms with Crippen LogP contribution >= 0.6 is 28.3 Å². The Labute approximate surface area is 118 Å². The number of nitrogens with zero attached hydrogens (tertiary/aromatic N) is 1. The Morgan fingerprint density at radius 1 is 1.47 bits per heavy atom. The standard InChI is InChI=1S/C13H19BrN2.ClH/c1-10-5-12(7-15)9-16(10)8-11-3-2-4-13(14)6-11;/h2-4,6,10,12H,5,7-9,15H2,1H3;1H. The predicted molar refractivity (Wildman–Crippen MR) is 78.4 cm³/mol. The van der Waals surface area contributed by atoms with Gasteiger partial charge in [-0.15, -0.1) is 12.4 Å². The maximum atomic E-state index is 5.74. The van der Waals surface area contributed by atoms with Crippen LogP contribution in [0.2, 0.25) is 0 Å². The summed E-state index contributed by atoms with van der Waals surface area (Å²) in [4.78, 5) is 2.53. The van der Waals surface area contributed by atoms with Crippen molar-refractivity contribution in [1.29, 1.82) is 0 Å². The van der Waals surface area contributed by atoms with Crippen LogP contribution in [0.3, 0.4) is 0 Å². The molecule has 1 aliphatic heterocycles. The number of likely N-dealkylation sites (tertiary alicyclic amines) is 1. The van der Waals surface area contributed by atoms with Gasteiger partial charge in [0.2, 0.25) is 0 Å². The van der Waals surface area contributed by atoms with Gasteiger partial charge in [0.25, 0.3) is 0 Å². The second kappa shape index (κ2) is 6.74. The van der Waals surface area contributed by atoms with Crippen molar-refractivity contribution in [3.8, 4) is 0 Å². The Hall–Kier alpha value is -0.0900. The molecule has 0 spiro atoms. The van der Waals surface area contributed by atoms with Gasteiger partial charge in [-0.05, 0) is 43.5 Å². The smallest absolute Gasteiger partial charge is 0.0237 e. The predicted octanol–water partition coefficient (Wildman–Crippen LogP) is 3.04. The number of rotatable bonds is 3. The fourth-order valence-electron chi connectivity index (χ4n) is 2.48. The summed E-state index contributed by atoms with van der Waals surface area (Å²) < 4.78 is 1.16. The van der Waals surface area contributed by atoms with E-state index in [1.54, 1.807) is 0 Å². The quantitative estimate of drug-likeness (QED) is 0.928. The van der Waals surface area contributed by atoms with Crippen molar-refractivity contribution < 1.29 is 0 Å². The average molecular weight is 320 g/mol. The summed E-state index contributed by atoms with van der Waals surface area (Å²) >= 11 is 3.51. The van der Waals surface area contributed by atoms with Gasteiger partial charge in [-0.25, -0.2) is 0 Å². The number of hydrogen-bond acceptors (Lipinski definition) is 2. The molecular weight excluding hydrogens is 300 g/mol. The Morgan fingerprint density at radius 2 is 2.24 bits per heavy atom. The highest BCUT2D eigenvalue weighted by molar-refractivity contribution is 9.10. The molecule has 1 aromatic carbocycles. The summed E-state index contributed by atoms with van der Waals surface area (Å²) in [6.45, 7) is 5.30. The number of halogens is 2. The molecule has 0 aromatic heterocycles. The minimum atomic E-state index is 0. The molecule has 2 N–H and O–H groups in total. The van der Waals surface area contributed by atoms with Crippen LogP contribution in [0.15, 0.2) is 28.7 Å². The van der Waals surface area contributed by atoms with Crippen LogP contribution in [-0.4, -0.2) is 24.0 Å². The first kappa shape index (κ1) is 15.0. The summed E-state index contributed by atoms with van der Waals surface area (Å²) in [5.41, 5.74) is 7.12. The van der Waals surface area contributed by atoms with Crippen LogP contribution in [0.4, 0.5) is 0 Å². The molecule has 2 rings (SSSR count). The summed E-state index contributed by atoms with van der Waals surface area (Å²) in [6.07, 6.45) is 1.24. The molecule has 2 nitrogen and oxygen atoms in total. The van der Waals surface area contributed by atoms with Gasteiger partial charge in [0.1, 0.15) is 0 Å². The molecule has 17 heavy (non-hydrogen) atoms. The van der Waals surface area contributed by atoms with Crippen molar-refractivity contribution in [2.75, 3.05) is 13.1 Å². The van der Waals surface area contributed by atoms with Gasteiger partial charge in [0.05, 0.1) is 0 Å². The maximum Gasteiger partial charge on any atom is 0.0237 e. The van der Waals surface area contributed by atoms with Crippen molar-refractivity contribution in [1.82, 2.24) is 4.90 Å². The SMILES string of the molecule is CC1CC(CN)CN1Cc1cccc(Br)c1.Cl. The molecule has 0 radical (unpaired) electrons. The van der Waals surface area contributed by atoms with Crippen molar-refractivity contribution in [2.24, 2.45) is 11.7 Å². The lowest BCUT2D eigenvalue weighted by Crippen LogP contribution is -2.27. The van der Waals surface area contributed by atoms with E-state index in [0.29, 0.717) is 12.0 Å². The van der Waals surface area contributed by atoms with Gasteiger partial charge in [-0.3, -0.25) is 4.90 Å². The maximum absolute atomic E-state index is 5.74. The zero-order valence-electron chi connectivity index (χ0n) is 10.1. The Bertz CT molecular complexity index is 359. The fourth-order valence-corrected chi connectivity index (χ4v) is 2.93. The molecule has 2 atom stereocenters. The Morgan fingerprint density at radius 3 is 2.82 bits per heavy atom. The third-order valence-corrected chi connectivity index (χ3v) is 3.89. The van der Waals surface area contributed by atoms with E-state index in [9.17, 15) is 0 Å². The minimum absolute atomic E-state index is 0. The van der Waals surface area contributed by atoms with Crippen LogP contribution in [0.25, 0.3) is 0 Å². The summed E-state index contributed by atoms with van der Waals surface area (Å²) in [5.74, 6) is 0.683. The second-order valence-electron chi connectivity index (χ2n) is 4.75. The van der Waals surface area contributed by atoms with Crippen molar-refractivity contribution in [2.45, 2.75) is 25.9 Å². The highest BCUT2D eigenvalue weighted by Crippen LogP contribution is 2.24. The van der Waals surface area contributed by atoms with Gasteiger partial charge in [0.15, 0.2) is 0 Å². The van der Waals surface area contributed by atoms with Crippen LogP contribution in [0.5, 0.6) is 0 Å². The summed E-state index contributed by atoms with van der Waals surface area (Å²) in [6, 6.07) is 9.21. The van der Waals surface area contributed by atoms with Crippen LogP contribution < -0.4 is 5.73 Å². The number of benzene rings is 1. The zero-order chi connectivity index (χ0) is 11.5. The molecule has 0 amide bonds. The number of hydrogen-bond donors (Lipinski definition) is 1. The molecule has 0 bridgehead atoms. The van der Waals surface area contributed by atoms with E-state index in [2.05, 4.69) is 52.0 Å². The molecule has 4 heteroatoms. The average Bonchev–Trinajstić information content (AvgIpc) is 2.60. The van der Waals surface area contributed by atoms with Crippen molar-refractivity contribution >= 4 is 28.3 Å². The van der Waals surface area contributed by atoms with Crippen molar-refractivity contribution in [3.63, 3.8) is 0 Å². The second-order valence-corrected chi connectivity index (χ2v) is 5.66. The van der Waals surface area contributed by atoms with Gasteiger partial charge in [-0.1, -0.05) is 28.1 Å². The van der Waals surface area contributed by atoms with E-state index in [1.165, 1.54) is 12.0 Å². The summed E-state index contributed by atoms with van der Waals surface area (Å²) in [7, 11) is 0. The van der Waals surface area contributed by atoms with Crippen LogP contribution in [0, 0.1) is 5.92 Å². The molecule has 96 valence electrons. The lowest BCUT2D eigenvalue weighted by molar-refractivity contribution is 0.256. The fraction of sp³-hybridized carbons (Fsp3) is 0.538. The Balaban J connectivity index is 0.00000144. The van der Waals surface area contributed by atoms with Crippen LogP contribution in [0.1, 0.15) is 18.9 Å². The molecular formula is C13H20BrClN2. The van der Waals surface area contributed by atoms with Crippen molar-refractivity contribution in [3.05, 3.63) is 34.3 Å². The van der Waals surface area contributed by atoms with Crippen LogP contribution in [-0.2, 0) is 6.54 Å². The lowest BCUT2D eigenvalue weighted by Gasteiger charge is -2.21. The van der Waals surface area contributed by atoms with E-state index in [4.69, 9.17) is 5.73 Å². The molecule has 1 saturated heterocycles. The molecule has 2 unspecified atom stereocenters. The first-order valence-electron chi connectivity index (χ1n) is 5.87. The largest absolute Gasteiger partial charge is 0.330 e. The highest BCUT2D eigenvalue weighted by atomic mass is 79.9. The third-order valence-electron chi connectivity index (χ3n) is 3.40. The molecule has 0 aliphatic carbocycles. The highest BCUT2D eigenvalue weighted by Gasteiger charge is 2.27. The minimum Gasteiger partial charge on any atom is -0.330 e. The molecule has 1 aliphatic rings. The van der Waals surface area contributed by atoms with Gasteiger partial charge in [0, 0.05) is 23.6 Å².